The molecule has 0 fully saturated rings. The molecule has 0 heterocycles. The first kappa shape index (κ1) is 6.46. The zero-order valence-corrected chi connectivity index (χ0v) is 3.97. The lowest BCUT2D eigenvalue weighted by molar-refractivity contribution is 0.568. The fourth-order valence-electron chi connectivity index (χ4n) is 0.151. The molecule has 0 aliphatic rings. The molecule has 0 aromatic rings. The molecule has 0 aromatic carbocycles. The van der Waals surface area contributed by atoms with E-state index < -0.39 is 0 Å². The summed E-state index contributed by atoms with van der Waals surface area (Å²) >= 11 is 0. The van der Waals surface area contributed by atoms with Gasteiger partial charge in [0.05, 0.1) is 0 Å². The van der Waals surface area contributed by atoms with Crippen molar-refractivity contribution >= 4 is 11.9 Å². The first-order chi connectivity index (χ1) is 3.91. The molecule has 0 unspecified atom stereocenters. The number of carbonyl (C=O) groups excluding carboxylic acids is 2. The van der Waals surface area contributed by atoms with Crippen LogP contribution in [-0.2, 0) is 9.59 Å². The molecule has 2 nitrogen and oxygen atoms in total. The molecule has 0 aliphatic heterocycles. The minimum atomic E-state index is 1.22. The molecule has 0 rings (SSSR count). The highest BCUT2D eigenvalue weighted by atomic mass is 16.1. The SMILES string of the molecule is O=C=C=CC=C=C=O. The van der Waals surface area contributed by atoms with Crippen molar-refractivity contribution in [1.29, 1.82) is 0 Å². The maximum atomic E-state index is 9.35. The summed E-state index contributed by atoms with van der Waals surface area (Å²) in [5, 5.41) is 0. The van der Waals surface area contributed by atoms with Gasteiger partial charge in [-0.25, -0.2) is 9.59 Å². The summed E-state index contributed by atoms with van der Waals surface area (Å²) < 4.78 is 0. The van der Waals surface area contributed by atoms with Crippen molar-refractivity contribution in [2.24, 2.45) is 0 Å². The Hall–Kier alpha value is -1.54. The van der Waals surface area contributed by atoms with Gasteiger partial charge in [0, 0.05) is 12.2 Å². The van der Waals surface area contributed by atoms with Crippen LogP contribution in [0.15, 0.2) is 23.6 Å². The summed E-state index contributed by atoms with van der Waals surface area (Å²) in [5.74, 6) is 2.74. The van der Waals surface area contributed by atoms with Crippen LogP contribution in [0.3, 0.4) is 0 Å². The molecule has 0 saturated carbocycles. The van der Waals surface area contributed by atoms with E-state index in [0.29, 0.717) is 0 Å². The van der Waals surface area contributed by atoms with E-state index in [0.717, 1.165) is 0 Å². The zero-order valence-electron chi connectivity index (χ0n) is 3.97. The Morgan fingerprint density at radius 2 is 1.25 bits per heavy atom. The van der Waals surface area contributed by atoms with Crippen LogP contribution in [0, 0.1) is 0 Å². The first-order valence-corrected chi connectivity index (χ1v) is 1.82. The van der Waals surface area contributed by atoms with Gasteiger partial charge in [-0.05, 0) is 11.5 Å². The van der Waals surface area contributed by atoms with E-state index in [-0.39, 0.29) is 0 Å². The molecule has 0 N–H and O–H groups in total. The Balaban J connectivity index is 4.18. The van der Waals surface area contributed by atoms with Crippen LogP contribution in [0.4, 0.5) is 0 Å². The van der Waals surface area contributed by atoms with Crippen molar-refractivity contribution in [3.05, 3.63) is 23.6 Å². The van der Waals surface area contributed by atoms with Crippen LogP contribution in [0.1, 0.15) is 0 Å². The fourth-order valence-corrected chi connectivity index (χ4v) is 0.151. The Labute approximate surface area is 46.1 Å². The van der Waals surface area contributed by atoms with E-state index in [9.17, 15) is 9.59 Å². The topological polar surface area (TPSA) is 34.1 Å². The highest BCUT2D eigenvalue weighted by Crippen LogP contribution is 1.60. The minimum Gasteiger partial charge on any atom is -0.224 e. The van der Waals surface area contributed by atoms with Gasteiger partial charge in [-0.1, -0.05) is 0 Å². The molecule has 0 aromatic heterocycles. The van der Waals surface area contributed by atoms with Gasteiger partial charge < -0.3 is 0 Å². The van der Waals surface area contributed by atoms with Gasteiger partial charge in [-0.15, -0.1) is 0 Å². The lowest BCUT2D eigenvalue weighted by Crippen LogP contribution is -1.41. The van der Waals surface area contributed by atoms with Gasteiger partial charge in [0.25, 0.3) is 0 Å². The lowest BCUT2D eigenvalue weighted by atomic mass is 10.6. The molecule has 2 heteroatoms. The number of allylic oxidation sites excluding steroid dienone is 2. The van der Waals surface area contributed by atoms with E-state index in [2.05, 4.69) is 11.5 Å². The van der Waals surface area contributed by atoms with Crippen LogP contribution in [0.5, 0.6) is 0 Å². The van der Waals surface area contributed by atoms with Crippen LogP contribution < -0.4 is 0 Å². The normalized spacial score (nSPS) is 4.50. The number of rotatable bonds is 1. The Morgan fingerprint density at radius 1 is 0.875 bits per heavy atom. The van der Waals surface area contributed by atoms with Crippen LogP contribution in [0.2, 0.25) is 0 Å². The summed E-state index contributed by atoms with van der Waals surface area (Å²) in [6, 6.07) is 0. The highest BCUT2D eigenvalue weighted by molar-refractivity contribution is 5.47. The maximum absolute atomic E-state index is 9.35. The van der Waals surface area contributed by atoms with Gasteiger partial charge >= 0.3 is 0 Å². The van der Waals surface area contributed by atoms with Crippen molar-refractivity contribution in [2.45, 2.75) is 0 Å². The van der Waals surface area contributed by atoms with E-state index in [1.807, 2.05) is 0 Å². The molecule has 0 amide bonds. The van der Waals surface area contributed by atoms with Crippen LogP contribution >= 0.6 is 0 Å². The Morgan fingerprint density at radius 3 is 1.50 bits per heavy atom. The average Bonchev–Trinajstić information content (AvgIpc) is 1.81. The van der Waals surface area contributed by atoms with Gasteiger partial charge in [0.15, 0.2) is 11.9 Å². The van der Waals surface area contributed by atoms with Crippen molar-refractivity contribution < 1.29 is 9.59 Å². The van der Waals surface area contributed by atoms with Crippen molar-refractivity contribution in [1.82, 2.24) is 0 Å². The first-order valence-electron chi connectivity index (χ1n) is 1.82. The summed E-state index contributed by atoms with van der Waals surface area (Å²) in [6.07, 6.45) is 2.44. The maximum Gasteiger partial charge on any atom is 0.177 e. The quantitative estimate of drug-likeness (QED) is 0.269. The predicted octanol–water partition coefficient (Wildman–Crippen LogP) is 0.0722. The van der Waals surface area contributed by atoms with Crippen LogP contribution in [0.25, 0.3) is 0 Å². The van der Waals surface area contributed by atoms with E-state index >= 15 is 0 Å². The molecular formula is C6H2O2. The minimum absolute atomic E-state index is 1.22. The standard InChI is InChI=1S/C6H2O2/c7-5-3-1-2-4-6-8/h1-2H. The Kier molecular flexibility index (Phi) is 4.41. The molecule has 0 saturated heterocycles. The second-order valence-corrected chi connectivity index (χ2v) is 0.826. The largest absolute Gasteiger partial charge is 0.224 e. The molecule has 38 valence electrons. The summed E-state index contributed by atoms with van der Waals surface area (Å²) in [5.41, 5.74) is 4.11. The molecule has 0 atom stereocenters. The highest BCUT2D eigenvalue weighted by Gasteiger charge is 1.49. The number of hydrogen-bond donors (Lipinski definition) is 0. The number of hydrogen-bond acceptors (Lipinski definition) is 2. The molecule has 8 heavy (non-hydrogen) atoms. The summed E-state index contributed by atoms with van der Waals surface area (Å²) in [6.45, 7) is 0. The monoisotopic (exact) mass is 106 g/mol. The summed E-state index contributed by atoms with van der Waals surface area (Å²) in [7, 11) is 0. The van der Waals surface area contributed by atoms with Crippen LogP contribution in [-0.4, -0.2) is 11.9 Å². The molecule has 0 bridgehead atoms. The second kappa shape index (κ2) is 5.46. The Bertz CT molecular complexity index is 189. The summed E-state index contributed by atoms with van der Waals surface area (Å²) in [4.78, 5) is 18.7. The van der Waals surface area contributed by atoms with Crippen molar-refractivity contribution in [3.8, 4) is 0 Å². The van der Waals surface area contributed by atoms with E-state index in [1.165, 1.54) is 24.0 Å². The van der Waals surface area contributed by atoms with Gasteiger partial charge in [-0.2, -0.15) is 0 Å². The van der Waals surface area contributed by atoms with Crippen molar-refractivity contribution in [3.63, 3.8) is 0 Å². The third-order valence-corrected chi connectivity index (χ3v) is 0.368. The molecule has 0 spiro atoms. The van der Waals surface area contributed by atoms with Gasteiger partial charge in [-0.3, -0.25) is 0 Å². The molecule has 0 aliphatic carbocycles. The van der Waals surface area contributed by atoms with E-state index in [4.69, 9.17) is 0 Å². The third-order valence-electron chi connectivity index (χ3n) is 0.368. The smallest absolute Gasteiger partial charge is 0.177 e. The van der Waals surface area contributed by atoms with Crippen molar-refractivity contribution in [2.75, 3.05) is 0 Å². The fraction of sp³-hybridized carbons (Fsp3) is 0. The second-order valence-electron chi connectivity index (χ2n) is 0.826. The lowest BCUT2D eigenvalue weighted by Gasteiger charge is -1.47. The third kappa shape index (κ3) is 4.46. The van der Waals surface area contributed by atoms with Gasteiger partial charge in [0.1, 0.15) is 0 Å². The molecular weight excluding hydrogens is 104 g/mol. The van der Waals surface area contributed by atoms with E-state index in [1.54, 1.807) is 0 Å². The average molecular weight is 106 g/mol. The van der Waals surface area contributed by atoms with Gasteiger partial charge in [0.2, 0.25) is 0 Å². The predicted molar refractivity (Wildman–Crippen MR) is 27.6 cm³/mol. The zero-order chi connectivity index (χ0) is 6.24. The molecule has 0 radical (unpaired) electrons.